The van der Waals surface area contributed by atoms with Crippen molar-refractivity contribution < 1.29 is 0 Å². The lowest BCUT2D eigenvalue weighted by molar-refractivity contribution is 0.251. The Hall–Kier alpha value is 0.394. The van der Waals surface area contributed by atoms with E-state index in [0.29, 0.717) is 9.52 Å². The highest BCUT2D eigenvalue weighted by Crippen LogP contribution is 2.27. The van der Waals surface area contributed by atoms with Crippen LogP contribution in [0.1, 0.15) is 45.4 Å². The first-order chi connectivity index (χ1) is 6.92. The molecule has 1 saturated carbocycles. The second kappa shape index (κ2) is 5.47. The smallest absolute Gasteiger partial charge is 0.106 e. The summed E-state index contributed by atoms with van der Waals surface area (Å²) in [6.07, 6.45) is 9.00. The SMILES string of the molecule is CCCN(C1CCCCC1)[SiH]1C[SiH2]C1. The highest BCUT2D eigenvalue weighted by atomic mass is 28.4. The Labute approximate surface area is 92.8 Å². The van der Waals surface area contributed by atoms with E-state index >= 15 is 0 Å². The maximum Gasteiger partial charge on any atom is 0.106 e. The Balaban J connectivity index is 1.86. The zero-order valence-electron chi connectivity index (χ0n) is 9.67. The summed E-state index contributed by atoms with van der Waals surface area (Å²) in [5.74, 6) is 0. The predicted octanol–water partition coefficient (Wildman–Crippen LogP) is 1.85. The normalized spacial score (nSPS) is 30.9. The standard InChI is InChI=1S/C11H25NSi2/c1-2-8-12(14-9-13-10-14)11-6-4-3-5-7-11/h11,14H,2-10,13H2,1H3. The molecule has 0 bridgehead atoms. The summed E-state index contributed by atoms with van der Waals surface area (Å²) < 4.78 is 3.02. The van der Waals surface area contributed by atoms with Crippen molar-refractivity contribution in [3.8, 4) is 0 Å². The summed E-state index contributed by atoms with van der Waals surface area (Å²) in [5, 5.41) is 0. The molecule has 1 heterocycles. The summed E-state index contributed by atoms with van der Waals surface area (Å²) in [7, 11) is 0.171. The van der Waals surface area contributed by atoms with Crippen molar-refractivity contribution in [3.05, 3.63) is 0 Å². The van der Waals surface area contributed by atoms with E-state index in [2.05, 4.69) is 11.5 Å². The molecule has 1 aliphatic carbocycles. The Morgan fingerprint density at radius 2 is 1.93 bits per heavy atom. The minimum atomic E-state index is -0.312. The van der Waals surface area contributed by atoms with Crippen LogP contribution in [-0.4, -0.2) is 35.6 Å². The van der Waals surface area contributed by atoms with Crippen molar-refractivity contribution in [2.75, 3.05) is 6.54 Å². The van der Waals surface area contributed by atoms with Crippen molar-refractivity contribution in [1.82, 2.24) is 4.57 Å². The number of rotatable bonds is 4. The van der Waals surface area contributed by atoms with E-state index in [-0.39, 0.29) is 8.96 Å². The van der Waals surface area contributed by atoms with Crippen LogP contribution in [0, 0.1) is 0 Å². The number of hydrogen-bond donors (Lipinski definition) is 0. The van der Waals surface area contributed by atoms with Crippen LogP contribution < -0.4 is 0 Å². The zero-order chi connectivity index (χ0) is 9.80. The lowest BCUT2D eigenvalue weighted by Gasteiger charge is -2.43. The van der Waals surface area contributed by atoms with Gasteiger partial charge in [0.15, 0.2) is 0 Å². The fourth-order valence-corrected chi connectivity index (χ4v) is 10.3. The van der Waals surface area contributed by atoms with Crippen LogP contribution in [0.4, 0.5) is 0 Å². The largest absolute Gasteiger partial charge is 0.324 e. The summed E-state index contributed by atoms with van der Waals surface area (Å²) in [6, 6.07) is 1.04. The second-order valence-electron chi connectivity index (χ2n) is 5.11. The van der Waals surface area contributed by atoms with Gasteiger partial charge in [-0.05, 0) is 25.8 Å². The van der Waals surface area contributed by atoms with Crippen molar-refractivity contribution >= 4 is 18.5 Å². The minimum absolute atomic E-state index is 0.312. The maximum atomic E-state index is 3.02. The molecule has 0 spiro atoms. The van der Waals surface area contributed by atoms with Gasteiger partial charge >= 0.3 is 0 Å². The van der Waals surface area contributed by atoms with Gasteiger partial charge in [-0.25, -0.2) is 0 Å². The molecule has 2 fully saturated rings. The van der Waals surface area contributed by atoms with Gasteiger partial charge in [0.2, 0.25) is 0 Å². The fraction of sp³-hybridized carbons (Fsp3) is 1.00. The van der Waals surface area contributed by atoms with Gasteiger partial charge in [-0.2, -0.15) is 0 Å². The molecule has 0 amide bonds. The van der Waals surface area contributed by atoms with Crippen LogP contribution in [-0.2, 0) is 0 Å². The van der Waals surface area contributed by atoms with Gasteiger partial charge in [0.1, 0.15) is 8.96 Å². The molecule has 0 aromatic rings. The first-order valence-electron chi connectivity index (χ1n) is 6.67. The molecule has 0 radical (unpaired) electrons. The lowest BCUT2D eigenvalue weighted by Crippen LogP contribution is -2.53. The van der Waals surface area contributed by atoms with Gasteiger partial charge in [0.05, 0.1) is 0 Å². The predicted molar refractivity (Wildman–Crippen MR) is 69.2 cm³/mol. The van der Waals surface area contributed by atoms with E-state index in [9.17, 15) is 0 Å². The van der Waals surface area contributed by atoms with Gasteiger partial charge in [0, 0.05) is 15.6 Å². The third-order valence-electron chi connectivity index (χ3n) is 4.07. The van der Waals surface area contributed by atoms with Crippen LogP contribution in [0.15, 0.2) is 0 Å². The second-order valence-corrected chi connectivity index (χ2v) is 12.4. The van der Waals surface area contributed by atoms with Gasteiger partial charge < -0.3 is 4.57 Å². The maximum absolute atomic E-state index is 3.02. The molecule has 0 unspecified atom stereocenters. The van der Waals surface area contributed by atoms with Gasteiger partial charge in [0.25, 0.3) is 0 Å². The quantitative estimate of drug-likeness (QED) is 0.663. The van der Waals surface area contributed by atoms with Gasteiger partial charge in [-0.15, -0.1) is 0 Å². The average molecular weight is 227 g/mol. The molecule has 2 rings (SSSR count). The third kappa shape index (κ3) is 2.50. The van der Waals surface area contributed by atoms with E-state index in [1.165, 1.54) is 45.1 Å². The molecule has 2 aliphatic rings. The van der Waals surface area contributed by atoms with Crippen LogP contribution >= 0.6 is 0 Å². The Kier molecular flexibility index (Phi) is 4.26. The Morgan fingerprint density at radius 3 is 2.43 bits per heavy atom. The molecular weight excluding hydrogens is 202 g/mol. The summed E-state index contributed by atoms with van der Waals surface area (Å²) in [4.78, 5) is 0. The lowest BCUT2D eigenvalue weighted by atomic mass is 9.95. The average Bonchev–Trinajstić information content (AvgIpc) is 2.16. The highest BCUT2D eigenvalue weighted by Gasteiger charge is 2.31. The molecule has 3 heteroatoms. The van der Waals surface area contributed by atoms with E-state index < -0.39 is 0 Å². The third-order valence-corrected chi connectivity index (χ3v) is 14.3. The van der Waals surface area contributed by atoms with Crippen LogP contribution in [0.3, 0.4) is 0 Å². The van der Waals surface area contributed by atoms with Crippen molar-refractivity contribution in [2.45, 2.75) is 62.8 Å². The molecule has 0 aromatic heterocycles. The zero-order valence-corrected chi connectivity index (χ0v) is 12.2. The summed E-state index contributed by atoms with van der Waals surface area (Å²) in [5.41, 5.74) is 3.52. The fourth-order valence-electron chi connectivity index (χ4n) is 3.05. The van der Waals surface area contributed by atoms with Gasteiger partial charge in [-0.3, -0.25) is 0 Å². The molecular formula is C11H25NSi2. The van der Waals surface area contributed by atoms with Crippen molar-refractivity contribution in [1.29, 1.82) is 0 Å². The minimum Gasteiger partial charge on any atom is -0.324 e. The molecule has 1 aliphatic heterocycles. The first kappa shape index (κ1) is 10.9. The van der Waals surface area contributed by atoms with Crippen molar-refractivity contribution in [2.24, 2.45) is 0 Å². The van der Waals surface area contributed by atoms with Crippen LogP contribution in [0.25, 0.3) is 0 Å². The number of hydrogen-bond acceptors (Lipinski definition) is 1. The molecule has 1 nitrogen and oxygen atoms in total. The molecule has 0 aromatic carbocycles. The molecule has 1 saturated heterocycles. The van der Waals surface area contributed by atoms with E-state index in [1.54, 1.807) is 11.3 Å². The molecule has 14 heavy (non-hydrogen) atoms. The highest BCUT2D eigenvalue weighted by molar-refractivity contribution is 6.84. The topological polar surface area (TPSA) is 3.24 Å². The summed E-state index contributed by atoms with van der Waals surface area (Å²) >= 11 is 0. The Morgan fingerprint density at radius 1 is 1.21 bits per heavy atom. The Bertz CT molecular complexity index is 165. The van der Waals surface area contributed by atoms with Crippen LogP contribution in [0.5, 0.6) is 0 Å². The number of nitrogens with zero attached hydrogens (tertiary/aromatic N) is 1. The van der Waals surface area contributed by atoms with E-state index in [0.717, 1.165) is 6.04 Å². The van der Waals surface area contributed by atoms with E-state index in [1.807, 2.05) is 0 Å². The molecule has 82 valence electrons. The van der Waals surface area contributed by atoms with Crippen molar-refractivity contribution in [3.63, 3.8) is 0 Å². The first-order valence-corrected chi connectivity index (χ1v) is 10.8. The summed E-state index contributed by atoms with van der Waals surface area (Å²) in [6.45, 7) is 3.80. The monoisotopic (exact) mass is 227 g/mol. The van der Waals surface area contributed by atoms with E-state index in [4.69, 9.17) is 0 Å². The molecule has 0 atom stereocenters. The van der Waals surface area contributed by atoms with Crippen LogP contribution in [0.2, 0.25) is 11.3 Å². The van der Waals surface area contributed by atoms with Gasteiger partial charge in [-0.1, -0.05) is 37.5 Å². The molecule has 0 N–H and O–H groups in total.